The summed E-state index contributed by atoms with van der Waals surface area (Å²) in [6.07, 6.45) is -3.51. The number of benzene rings is 1. The minimum absolute atomic E-state index is 0.101. The zero-order valence-electron chi connectivity index (χ0n) is 12.8. The lowest BCUT2D eigenvalue weighted by Gasteiger charge is -2.13. The first kappa shape index (κ1) is 18.2. The van der Waals surface area contributed by atoms with E-state index in [0.717, 1.165) is 18.3 Å². The third kappa shape index (κ3) is 4.90. The molecule has 0 saturated carbocycles. The van der Waals surface area contributed by atoms with Crippen molar-refractivity contribution in [1.29, 1.82) is 0 Å². The molecular weight excluding hydrogens is 330 g/mol. The molecule has 130 valence electrons. The Morgan fingerprint density at radius 1 is 1.08 bits per heavy atom. The SMILES string of the molecule is COCCOCOc1ccc(F)cc1-c1ccc(C(F)(F)F)nc1. The van der Waals surface area contributed by atoms with Gasteiger partial charge in [0.2, 0.25) is 0 Å². The van der Waals surface area contributed by atoms with Crippen molar-refractivity contribution in [3.8, 4) is 16.9 Å². The van der Waals surface area contributed by atoms with E-state index in [4.69, 9.17) is 14.2 Å². The highest BCUT2D eigenvalue weighted by Gasteiger charge is 2.32. The van der Waals surface area contributed by atoms with Crippen molar-refractivity contribution in [2.75, 3.05) is 27.1 Å². The Labute approximate surface area is 136 Å². The summed E-state index contributed by atoms with van der Waals surface area (Å²) in [5.74, 6) is -0.270. The van der Waals surface area contributed by atoms with Crippen LogP contribution in [0.4, 0.5) is 17.6 Å². The number of halogens is 4. The second-order valence-corrected chi connectivity index (χ2v) is 4.73. The highest BCUT2D eigenvalue weighted by Crippen LogP contribution is 2.33. The standard InChI is InChI=1S/C16H15F4NO3/c1-22-6-7-23-10-24-14-4-3-12(17)8-13(14)11-2-5-15(21-9-11)16(18,19)20/h2-5,8-9H,6-7,10H2,1H3. The highest BCUT2D eigenvalue weighted by atomic mass is 19.4. The number of hydrogen-bond acceptors (Lipinski definition) is 4. The fourth-order valence-corrected chi connectivity index (χ4v) is 1.88. The average molecular weight is 345 g/mol. The fourth-order valence-electron chi connectivity index (χ4n) is 1.88. The highest BCUT2D eigenvalue weighted by molar-refractivity contribution is 5.69. The summed E-state index contributed by atoms with van der Waals surface area (Å²) >= 11 is 0. The van der Waals surface area contributed by atoms with E-state index in [1.807, 2.05) is 0 Å². The zero-order chi connectivity index (χ0) is 17.6. The van der Waals surface area contributed by atoms with Crippen molar-refractivity contribution >= 4 is 0 Å². The van der Waals surface area contributed by atoms with Crippen molar-refractivity contribution in [3.05, 3.63) is 48.0 Å². The lowest BCUT2D eigenvalue weighted by Crippen LogP contribution is -2.09. The molecule has 0 spiro atoms. The molecule has 0 aliphatic heterocycles. The lowest BCUT2D eigenvalue weighted by atomic mass is 10.1. The number of alkyl halides is 3. The molecule has 24 heavy (non-hydrogen) atoms. The Hall–Kier alpha value is -2.19. The Bertz CT molecular complexity index is 659. The average Bonchev–Trinajstić information content (AvgIpc) is 2.55. The van der Waals surface area contributed by atoms with Crippen LogP contribution in [-0.2, 0) is 15.7 Å². The molecule has 0 aliphatic rings. The fraction of sp³-hybridized carbons (Fsp3) is 0.312. The molecule has 2 aromatic rings. The summed E-state index contributed by atoms with van der Waals surface area (Å²) in [6, 6.07) is 5.77. The minimum atomic E-state index is -4.53. The van der Waals surface area contributed by atoms with Gasteiger partial charge in [0.1, 0.15) is 17.3 Å². The molecule has 0 bridgehead atoms. The molecule has 1 aromatic carbocycles. The van der Waals surface area contributed by atoms with Gasteiger partial charge in [0.25, 0.3) is 0 Å². The molecule has 0 saturated heterocycles. The van der Waals surface area contributed by atoms with Gasteiger partial charge in [-0.1, -0.05) is 6.07 Å². The summed E-state index contributed by atoms with van der Waals surface area (Å²) in [6.45, 7) is 0.605. The van der Waals surface area contributed by atoms with Crippen LogP contribution in [0.1, 0.15) is 5.69 Å². The van der Waals surface area contributed by atoms with Crippen molar-refractivity contribution < 1.29 is 31.8 Å². The monoisotopic (exact) mass is 345 g/mol. The summed E-state index contributed by atoms with van der Waals surface area (Å²) in [5, 5.41) is 0. The van der Waals surface area contributed by atoms with Crippen molar-refractivity contribution in [1.82, 2.24) is 4.98 Å². The van der Waals surface area contributed by atoms with Gasteiger partial charge in [-0.15, -0.1) is 0 Å². The molecule has 0 fully saturated rings. The molecule has 0 amide bonds. The number of rotatable bonds is 7. The van der Waals surface area contributed by atoms with Crippen LogP contribution in [-0.4, -0.2) is 32.1 Å². The number of ether oxygens (including phenoxy) is 3. The number of aromatic nitrogens is 1. The van der Waals surface area contributed by atoms with Gasteiger partial charge in [0.05, 0.1) is 13.2 Å². The molecule has 0 aliphatic carbocycles. The third-order valence-corrected chi connectivity index (χ3v) is 3.04. The maximum absolute atomic E-state index is 13.5. The van der Waals surface area contributed by atoms with E-state index in [1.165, 1.54) is 25.3 Å². The van der Waals surface area contributed by atoms with Crippen molar-refractivity contribution in [3.63, 3.8) is 0 Å². The Kier molecular flexibility index (Phi) is 6.10. The minimum Gasteiger partial charge on any atom is -0.467 e. The summed E-state index contributed by atoms with van der Waals surface area (Å²) in [7, 11) is 1.53. The van der Waals surface area contributed by atoms with Crippen LogP contribution in [0.2, 0.25) is 0 Å². The molecule has 1 aromatic heterocycles. The molecule has 0 unspecified atom stereocenters. The summed E-state index contributed by atoms with van der Waals surface area (Å²) in [4.78, 5) is 3.37. The smallest absolute Gasteiger partial charge is 0.433 e. The van der Waals surface area contributed by atoms with Gasteiger partial charge in [-0.3, -0.25) is 4.98 Å². The van der Waals surface area contributed by atoms with E-state index in [0.29, 0.717) is 18.8 Å². The van der Waals surface area contributed by atoms with Crippen molar-refractivity contribution in [2.45, 2.75) is 6.18 Å². The van der Waals surface area contributed by atoms with E-state index in [2.05, 4.69) is 4.98 Å². The van der Waals surface area contributed by atoms with Gasteiger partial charge >= 0.3 is 6.18 Å². The number of nitrogens with zero attached hydrogens (tertiary/aromatic N) is 1. The Balaban J connectivity index is 2.17. The van der Waals surface area contributed by atoms with Crippen molar-refractivity contribution in [2.24, 2.45) is 0 Å². The number of methoxy groups -OCH3 is 1. The van der Waals surface area contributed by atoms with Gasteiger partial charge in [-0.05, 0) is 24.3 Å². The zero-order valence-corrected chi connectivity index (χ0v) is 12.8. The topological polar surface area (TPSA) is 40.6 Å². The van der Waals surface area contributed by atoms with Crippen LogP contribution in [0.15, 0.2) is 36.5 Å². The Morgan fingerprint density at radius 2 is 1.88 bits per heavy atom. The third-order valence-electron chi connectivity index (χ3n) is 3.04. The van der Waals surface area contributed by atoms with Gasteiger partial charge in [0, 0.05) is 24.4 Å². The van der Waals surface area contributed by atoms with E-state index < -0.39 is 17.7 Å². The van der Waals surface area contributed by atoms with Gasteiger partial charge in [0.15, 0.2) is 6.79 Å². The van der Waals surface area contributed by atoms with Crippen LogP contribution in [0.25, 0.3) is 11.1 Å². The molecule has 4 nitrogen and oxygen atoms in total. The predicted molar refractivity (Wildman–Crippen MR) is 78.0 cm³/mol. The molecule has 0 radical (unpaired) electrons. The first-order chi connectivity index (χ1) is 11.4. The van der Waals surface area contributed by atoms with Gasteiger partial charge in [-0.2, -0.15) is 13.2 Å². The van der Waals surface area contributed by atoms with Gasteiger partial charge in [-0.25, -0.2) is 4.39 Å². The molecule has 1 heterocycles. The normalized spacial score (nSPS) is 11.5. The molecular formula is C16H15F4NO3. The van der Waals surface area contributed by atoms with E-state index in [-0.39, 0.29) is 18.1 Å². The van der Waals surface area contributed by atoms with Gasteiger partial charge < -0.3 is 14.2 Å². The lowest BCUT2D eigenvalue weighted by molar-refractivity contribution is -0.141. The predicted octanol–water partition coefficient (Wildman–Crippen LogP) is 3.91. The summed E-state index contributed by atoms with van der Waals surface area (Å²) in [5.41, 5.74) is -0.436. The largest absolute Gasteiger partial charge is 0.467 e. The molecule has 0 atom stereocenters. The first-order valence-electron chi connectivity index (χ1n) is 6.94. The van der Waals surface area contributed by atoms with Crippen LogP contribution in [0, 0.1) is 5.82 Å². The maximum Gasteiger partial charge on any atom is 0.433 e. The quantitative estimate of drug-likeness (QED) is 0.433. The number of pyridine rings is 1. The van der Waals surface area contributed by atoms with Crippen LogP contribution in [0.3, 0.4) is 0 Å². The van der Waals surface area contributed by atoms with E-state index >= 15 is 0 Å². The second kappa shape index (κ2) is 8.07. The first-order valence-corrected chi connectivity index (χ1v) is 6.94. The molecule has 2 rings (SSSR count). The maximum atomic E-state index is 13.5. The van der Waals surface area contributed by atoms with Crippen LogP contribution < -0.4 is 4.74 Å². The van der Waals surface area contributed by atoms with Crippen LogP contribution >= 0.6 is 0 Å². The van der Waals surface area contributed by atoms with Crippen LogP contribution in [0.5, 0.6) is 5.75 Å². The molecule has 0 N–H and O–H groups in total. The second-order valence-electron chi connectivity index (χ2n) is 4.73. The molecule has 8 heteroatoms. The van der Waals surface area contributed by atoms with E-state index in [1.54, 1.807) is 0 Å². The van der Waals surface area contributed by atoms with E-state index in [9.17, 15) is 17.6 Å². The Morgan fingerprint density at radius 3 is 2.50 bits per heavy atom. The number of hydrogen-bond donors (Lipinski definition) is 0. The summed E-state index contributed by atoms with van der Waals surface area (Å²) < 4.78 is 66.5.